The second-order valence-corrected chi connectivity index (χ2v) is 7.18. The normalized spacial score (nSPS) is 35.3. The van der Waals surface area contributed by atoms with E-state index in [1.165, 1.54) is 4.90 Å². The zero-order valence-corrected chi connectivity index (χ0v) is 13.6. The summed E-state index contributed by atoms with van der Waals surface area (Å²) in [6.07, 6.45) is -0.938. The lowest BCUT2D eigenvalue weighted by Crippen LogP contribution is -2.63. The van der Waals surface area contributed by atoms with E-state index in [0.29, 0.717) is 32.0 Å². The molecule has 3 fully saturated rings. The van der Waals surface area contributed by atoms with Crippen molar-refractivity contribution in [3.05, 3.63) is 35.4 Å². The van der Waals surface area contributed by atoms with Crippen LogP contribution in [0.15, 0.2) is 18.2 Å². The van der Waals surface area contributed by atoms with E-state index in [9.17, 15) is 13.6 Å². The van der Waals surface area contributed by atoms with E-state index in [1.807, 2.05) is 0 Å². The van der Waals surface area contributed by atoms with E-state index >= 15 is 0 Å². The van der Waals surface area contributed by atoms with E-state index in [1.54, 1.807) is 0 Å². The van der Waals surface area contributed by atoms with Gasteiger partial charge in [0.2, 0.25) is 0 Å². The average molecular weight is 353 g/mol. The van der Waals surface area contributed by atoms with Crippen LogP contribution in [0.2, 0.25) is 0 Å². The number of benzene rings is 1. The molecule has 5 atom stereocenters. The number of ether oxygens (including phenoxy) is 1. The number of carbonyl (C=O) groups is 1. The molecule has 1 aromatic carbocycles. The van der Waals surface area contributed by atoms with Crippen LogP contribution in [0.25, 0.3) is 0 Å². The molecular formula is C17H21F2N3O3. The number of fused-ring (bicyclic) bond motifs is 1. The Hall–Kier alpha value is -1.77. The number of rotatable bonds is 2. The lowest BCUT2D eigenvalue weighted by Gasteiger charge is -2.50. The summed E-state index contributed by atoms with van der Waals surface area (Å²) in [7, 11) is 0. The molecule has 25 heavy (non-hydrogen) atoms. The fourth-order valence-corrected chi connectivity index (χ4v) is 4.38. The van der Waals surface area contributed by atoms with Gasteiger partial charge in [-0.15, -0.1) is 0 Å². The number of hydrogen-bond acceptors (Lipinski definition) is 4. The van der Waals surface area contributed by atoms with Crippen molar-refractivity contribution in [3.63, 3.8) is 0 Å². The number of nitrogens with two attached hydrogens (primary N) is 1. The van der Waals surface area contributed by atoms with E-state index in [-0.39, 0.29) is 17.6 Å². The Bertz CT molecular complexity index is 689. The Morgan fingerprint density at radius 1 is 1.28 bits per heavy atom. The quantitative estimate of drug-likeness (QED) is 0.841. The zero-order valence-electron chi connectivity index (χ0n) is 13.6. The number of halogens is 2. The lowest BCUT2D eigenvalue weighted by molar-refractivity contribution is -0.0937. The Balaban J connectivity index is 1.41. The number of nitrogens with zero attached hydrogens (tertiary/aromatic N) is 2. The van der Waals surface area contributed by atoms with E-state index in [0.717, 1.165) is 24.7 Å². The van der Waals surface area contributed by atoms with Crippen LogP contribution >= 0.6 is 0 Å². The number of carboxylic acid groups (broad SMARTS) is 1. The van der Waals surface area contributed by atoms with E-state index in [2.05, 4.69) is 4.90 Å². The second kappa shape index (κ2) is 6.19. The van der Waals surface area contributed by atoms with E-state index < -0.39 is 29.9 Å². The van der Waals surface area contributed by atoms with Gasteiger partial charge in [0.15, 0.2) is 0 Å². The van der Waals surface area contributed by atoms with Crippen molar-refractivity contribution in [1.82, 2.24) is 9.80 Å². The van der Waals surface area contributed by atoms with Crippen molar-refractivity contribution in [2.75, 3.05) is 26.2 Å². The molecule has 0 aliphatic carbocycles. The molecule has 8 heteroatoms. The highest BCUT2D eigenvalue weighted by atomic mass is 19.1. The van der Waals surface area contributed by atoms with Crippen LogP contribution < -0.4 is 5.73 Å². The highest BCUT2D eigenvalue weighted by Gasteiger charge is 2.50. The molecule has 0 aromatic heterocycles. The van der Waals surface area contributed by atoms with Gasteiger partial charge < -0.3 is 20.5 Å². The Morgan fingerprint density at radius 3 is 2.80 bits per heavy atom. The first-order valence-corrected chi connectivity index (χ1v) is 8.49. The molecule has 1 amide bonds. The summed E-state index contributed by atoms with van der Waals surface area (Å²) in [6.45, 7) is 2.29. The minimum Gasteiger partial charge on any atom is -0.465 e. The van der Waals surface area contributed by atoms with Crippen molar-refractivity contribution in [3.8, 4) is 0 Å². The summed E-state index contributed by atoms with van der Waals surface area (Å²) in [6, 6.07) is 3.15. The van der Waals surface area contributed by atoms with Crippen LogP contribution in [-0.4, -0.2) is 65.4 Å². The van der Waals surface area contributed by atoms with E-state index in [4.69, 9.17) is 15.6 Å². The molecule has 4 rings (SSSR count). The van der Waals surface area contributed by atoms with Crippen molar-refractivity contribution in [2.45, 2.75) is 30.7 Å². The first-order chi connectivity index (χ1) is 11.9. The van der Waals surface area contributed by atoms with Gasteiger partial charge in [0, 0.05) is 49.2 Å². The maximum Gasteiger partial charge on any atom is 0.407 e. The smallest absolute Gasteiger partial charge is 0.407 e. The van der Waals surface area contributed by atoms with Gasteiger partial charge in [0.05, 0.1) is 6.61 Å². The molecule has 3 aliphatic rings. The highest BCUT2D eigenvalue weighted by molar-refractivity contribution is 5.65. The topological polar surface area (TPSA) is 79.0 Å². The summed E-state index contributed by atoms with van der Waals surface area (Å²) >= 11 is 0. The number of likely N-dealkylation sites (tertiary alicyclic amines) is 2. The SMILES string of the molecule is N[C@H]1C[C@@H](N2CC3CN(C(=O)O)CC32)CO[C@@H]1c1cc(F)ccc1F. The molecule has 136 valence electrons. The number of amides is 1. The molecule has 0 radical (unpaired) electrons. The van der Waals surface area contributed by atoms with Gasteiger partial charge in [0.25, 0.3) is 0 Å². The maximum atomic E-state index is 14.0. The van der Waals surface area contributed by atoms with Gasteiger partial charge in [-0.2, -0.15) is 0 Å². The van der Waals surface area contributed by atoms with Gasteiger partial charge in [-0.05, 0) is 24.6 Å². The third kappa shape index (κ3) is 2.88. The maximum absolute atomic E-state index is 14.0. The van der Waals surface area contributed by atoms with Crippen LogP contribution in [0.4, 0.5) is 13.6 Å². The Morgan fingerprint density at radius 2 is 2.08 bits per heavy atom. The van der Waals surface area contributed by atoms with Crippen molar-refractivity contribution in [2.24, 2.45) is 11.7 Å². The molecule has 6 nitrogen and oxygen atoms in total. The minimum absolute atomic E-state index is 0.0814. The van der Waals surface area contributed by atoms with Gasteiger partial charge in [-0.3, -0.25) is 4.90 Å². The van der Waals surface area contributed by atoms with Crippen LogP contribution in [0.3, 0.4) is 0 Å². The summed E-state index contributed by atoms with van der Waals surface area (Å²) in [4.78, 5) is 14.8. The molecule has 1 aromatic rings. The third-order valence-electron chi connectivity index (χ3n) is 5.68. The molecule has 3 saturated heterocycles. The van der Waals surface area contributed by atoms with Crippen LogP contribution in [0, 0.1) is 17.6 Å². The predicted octanol–water partition coefficient (Wildman–Crippen LogP) is 1.42. The van der Waals surface area contributed by atoms with Crippen molar-refractivity contribution >= 4 is 6.09 Å². The summed E-state index contributed by atoms with van der Waals surface area (Å²) in [5.74, 6) is -0.664. The summed E-state index contributed by atoms with van der Waals surface area (Å²) in [5.41, 5.74) is 6.36. The molecule has 3 N–H and O–H groups in total. The molecule has 3 aliphatic heterocycles. The molecule has 2 unspecified atom stereocenters. The van der Waals surface area contributed by atoms with Gasteiger partial charge >= 0.3 is 6.09 Å². The minimum atomic E-state index is -0.882. The number of hydrogen-bond donors (Lipinski definition) is 2. The largest absolute Gasteiger partial charge is 0.465 e. The first-order valence-electron chi connectivity index (χ1n) is 8.49. The zero-order chi connectivity index (χ0) is 17.7. The van der Waals surface area contributed by atoms with Gasteiger partial charge in [-0.1, -0.05) is 0 Å². The first kappa shape index (κ1) is 16.7. The standard InChI is InChI=1S/C17H21F2N3O3/c18-10-1-2-13(19)12(3-10)16-14(20)4-11(8-25-16)22-6-9-5-21(17(23)24)7-15(9)22/h1-3,9,11,14-16H,4-8,20H2,(H,23,24)/t9?,11-,14+,15?,16-/m1/s1. The molecular weight excluding hydrogens is 332 g/mol. The third-order valence-corrected chi connectivity index (χ3v) is 5.68. The predicted molar refractivity (Wildman–Crippen MR) is 85.0 cm³/mol. The van der Waals surface area contributed by atoms with Gasteiger partial charge in [0.1, 0.15) is 17.7 Å². The molecule has 0 spiro atoms. The summed E-state index contributed by atoms with van der Waals surface area (Å²) in [5, 5.41) is 9.12. The Kier molecular flexibility index (Phi) is 4.13. The summed E-state index contributed by atoms with van der Waals surface area (Å²) < 4.78 is 33.2. The van der Waals surface area contributed by atoms with Gasteiger partial charge in [-0.25, -0.2) is 13.6 Å². The van der Waals surface area contributed by atoms with Crippen LogP contribution in [0.5, 0.6) is 0 Å². The lowest BCUT2D eigenvalue weighted by atomic mass is 9.86. The average Bonchev–Trinajstić information content (AvgIpc) is 2.88. The molecule has 3 heterocycles. The fourth-order valence-electron chi connectivity index (χ4n) is 4.38. The van der Waals surface area contributed by atoms with Crippen LogP contribution in [-0.2, 0) is 4.74 Å². The van der Waals surface area contributed by atoms with Crippen molar-refractivity contribution < 1.29 is 23.4 Å². The fraction of sp³-hybridized carbons (Fsp3) is 0.588. The highest BCUT2D eigenvalue weighted by Crippen LogP contribution is 2.38. The Labute approximate surface area is 144 Å². The molecule has 0 saturated carbocycles. The molecule has 0 bridgehead atoms. The monoisotopic (exact) mass is 353 g/mol. The van der Waals surface area contributed by atoms with Crippen LogP contribution in [0.1, 0.15) is 18.1 Å². The van der Waals surface area contributed by atoms with Crippen molar-refractivity contribution in [1.29, 1.82) is 0 Å². The second-order valence-electron chi connectivity index (χ2n) is 7.18.